The molecule has 0 aromatic heterocycles. The summed E-state index contributed by atoms with van der Waals surface area (Å²) in [5, 5.41) is 0. The molecule has 1 aliphatic heterocycles. The maximum atomic E-state index is 5.84. The SMILES string of the molecule is C=C/C=C\CC(C1=NC(C)(C)CO1)c1ccc(C)cc1. The highest BCUT2D eigenvalue weighted by Gasteiger charge is 2.31. The van der Waals surface area contributed by atoms with Gasteiger partial charge in [-0.2, -0.15) is 0 Å². The zero-order valence-corrected chi connectivity index (χ0v) is 12.6. The number of nitrogens with zero attached hydrogens (tertiary/aromatic N) is 1. The van der Waals surface area contributed by atoms with Crippen molar-refractivity contribution >= 4 is 5.90 Å². The number of benzene rings is 1. The van der Waals surface area contributed by atoms with E-state index >= 15 is 0 Å². The van der Waals surface area contributed by atoms with E-state index in [0.29, 0.717) is 6.61 Å². The first-order valence-electron chi connectivity index (χ1n) is 7.08. The van der Waals surface area contributed by atoms with Gasteiger partial charge < -0.3 is 4.74 Å². The zero-order chi connectivity index (χ0) is 14.6. The standard InChI is InChI=1S/C18H23NO/c1-5-6-7-8-16(15-11-9-14(2)10-12-15)17-19-18(3,4)13-20-17/h5-7,9-12,16H,1,8,13H2,2-4H3/b7-6-. The molecule has 0 amide bonds. The van der Waals surface area contributed by atoms with E-state index in [2.05, 4.69) is 57.7 Å². The summed E-state index contributed by atoms with van der Waals surface area (Å²) >= 11 is 0. The van der Waals surface area contributed by atoms with E-state index in [1.807, 2.05) is 6.08 Å². The van der Waals surface area contributed by atoms with Crippen molar-refractivity contribution in [2.45, 2.75) is 38.6 Å². The molecular weight excluding hydrogens is 246 g/mol. The highest BCUT2D eigenvalue weighted by Crippen LogP contribution is 2.29. The zero-order valence-electron chi connectivity index (χ0n) is 12.6. The summed E-state index contributed by atoms with van der Waals surface area (Å²) in [4.78, 5) is 4.73. The van der Waals surface area contributed by atoms with Crippen LogP contribution in [0.4, 0.5) is 0 Å². The van der Waals surface area contributed by atoms with Crippen LogP contribution in [0.5, 0.6) is 0 Å². The molecular formula is C18H23NO. The molecule has 0 saturated heterocycles. The molecule has 1 aromatic rings. The van der Waals surface area contributed by atoms with Crippen LogP contribution in [0, 0.1) is 6.92 Å². The summed E-state index contributed by atoms with van der Waals surface area (Å²) in [7, 11) is 0. The van der Waals surface area contributed by atoms with E-state index in [1.54, 1.807) is 6.08 Å². The highest BCUT2D eigenvalue weighted by molar-refractivity contribution is 5.85. The van der Waals surface area contributed by atoms with Crippen LogP contribution >= 0.6 is 0 Å². The van der Waals surface area contributed by atoms with Gasteiger partial charge in [-0.1, -0.05) is 54.6 Å². The lowest BCUT2D eigenvalue weighted by Gasteiger charge is -2.15. The number of rotatable bonds is 5. The lowest BCUT2D eigenvalue weighted by molar-refractivity contribution is 0.271. The second-order valence-electron chi connectivity index (χ2n) is 5.91. The fourth-order valence-electron chi connectivity index (χ4n) is 2.28. The van der Waals surface area contributed by atoms with E-state index in [9.17, 15) is 0 Å². The molecule has 2 nitrogen and oxygen atoms in total. The maximum absolute atomic E-state index is 5.84. The van der Waals surface area contributed by atoms with Crippen molar-refractivity contribution in [3.63, 3.8) is 0 Å². The van der Waals surface area contributed by atoms with Crippen molar-refractivity contribution in [3.05, 3.63) is 60.2 Å². The Bertz CT molecular complexity index is 523. The van der Waals surface area contributed by atoms with Crippen LogP contribution in [0.2, 0.25) is 0 Å². The van der Waals surface area contributed by atoms with Gasteiger partial charge in [0.05, 0.1) is 11.5 Å². The summed E-state index contributed by atoms with van der Waals surface area (Å²) < 4.78 is 5.84. The lowest BCUT2D eigenvalue weighted by atomic mass is 9.94. The first-order valence-corrected chi connectivity index (χ1v) is 7.08. The number of aliphatic imine (C=N–C) groups is 1. The molecule has 0 N–H and O–H groups in total. The highest BCUT2D eigenvalue weighted by atomic mass is 16.5. The third-order valence-electron chi connectivity index (χ3n) is 3.41. The number of hydrogen-bond acceptors (Lipinski definition) is 2. The minimum atomic E-state index is -0.111. The quantitative estimate of drug-likeness (QED) is 0.725. The van der Waals surface area contributed by atoms with Gasteiger partial charge in [-0.25, -0.2) is 4.99 Å². The van der Waals surface area contributed by atoms with Crippen LogP contribution in [0.1, 0.15) is 37.3 Å². The Balaban J connectivity index is 2.27. The molecule has 0 fully saturated rings. The van der Waals surface area contributed by atoms with Crippen LogP contribution < -0.4 is 0 Å². The van der Waals surface area contributed by atoms with Gasteiger partial charge in [0.2, 0.25) is 0 Å². The first-order chi connectivity index (χ1) is 9.52. The molecule has 1 aromatic carbocycles. The van der Waals surface area contributed by atoms with Crippen molar-refractivity contribution < 1.29 is 4.74 Å². The first kappa shape index (κ1) is 14.6. The normalized spacial score (nSPS) is 18.6. The predicted octanol–water partition coefficient (Wildman–Crippen LogP) is 4.42. The second kappa shape index (κ2) is 6.08. The van der Waals surface area contributed by atoms with E-state index in [1.165, 1.54) is 11.1 Å². The maximum Gasteiger partial charge on any atom is 0.192 e. The van der Waals surface area contributed by atoms with E-state index in [4.69, 9.17) is 9.73 Å². The summed E-state index contributed by atoms with van der Waals surface area (Å²) in [6, 6.07) is 8.61. The average molecular weight is 269 g/mol. The van der Waals surface area contributed by atoms with Gasteiger partial charge in [-0.3, -0.25) is 0 Å². The van der Waals surface area contributed by atoms with Crippen LogP contribution in [-0.4, -0.2) is 18.0 Å². The largest absolute Gasteiger partial charge is 0.478 e. The van der Waals surface area contributed by atoms with E-state index in [-0.39, 0.29) is 11.5 Å². The fourth-order valence-corrected chi connectivity index (χ4v) is 2.28. The fraction of sp³-hybridized carbons (Fsp3) is 0.389. The summed E-state index contributed by atoms with van der Waals surface area (Å²) in [6.07, 6.45) is 6.77. The van der Waals surface area contributed by atoms with Gasteiger partial charge in [-0.05, 0) is 32.8 Å². The van der Waals surface area contributed by atoms with Crippen LogP contribution in [-0.2, 0) is 4.74 Å². The number of aryl methyl sites for hydroxylation is 1. The molecule has 0 bridgehead atoms. The Kier molecular flexibility index (Phi) is 4.43. The second-order valence-corrected chi connectivity index (χ2v) is 5.91. The molecule has 106 valence electrons. The minimum Gasteiger partial charge on any atom is -0.478 e. The molecule has 2 heteroatoms. The number of ether oxygens (including phenoxy) is 1. The predicted molar refractivity (Wildman–Crippen MR) is 85.3 cm³/mol. The number of hydrogen-bond donors (Lipinski definition) is 0. The molecule has 0 saturated carbocycles. The Morgan fingerprint density at radius 3 is 2.60 bits per heavy atom. The molecule has 0 aliphatic carbocycles. The third-order valence-corrected chi connectivity index (χ3v) is 3.41. The Hall–Kier alpha value is -1.83. The van der Waals surface area contributed by atoms with Crippen LogP contribution in [0.25, 0.3) is 0 Å². The van der Waals surface area contributed by atoms with Gasteiger partial charge in [0, 0.05) is 0 Å². The molecule has 1 unspecified atom stereocenters. The summed E-state index contributed by atoms with van der Waals surface area (Å²) in [5.74, 6) is 1.04. The summed E-state index contributed by atoms with van der Waals surface area (Å²) in [6.45, 7) is 10.7. The molecule has 0 spiro atoms. The van der Waals surface area contributed by atoms with Crippen molar-refractivity contribution in [1.82, 2.24) is 0 Å². The van der Waals surface area contributed by atoms with Gasteiger partial charge >= 0.3 is 0 Å². The molecule has 2 rings (SSSR count). The van der Waals surface area contributed by atoms with Crippen molar-refractivity contribution in [1.29, 1.82) is 0 Å². The van der Waals surface area contributed by atoms with Gasteiger partial charge in [0.1, 0.15) is 6.61 Å². The number of allylic oxidation sites excluding steroid dienone is 3. The molecule has 20 heavy (non-hydrogen) atoms. The average Bonchev–Trinajstić information content (AvgIpc) is 2.76. The van der Waals surface area contributed by atoms with Crippen LogP contribution in [0.15, 0.2) is 54.1 Å². The van der Waals surface area contributed by atoms with Gasteiger partial charge in [-0.15, -0.1) is 0 Å². The summed E-state index contributed by atoms with van der Waals surface area (Å²) in [5.41, 5.74) is 2.41. The smallest absolute Gasteiger partial charge is 0.192 e. The molecule has 1 heterocycles. The van der Waals surface area contributed by atoms with Crippen molar-refractivity contribution in [3.8, 4) is 0 Å². The van der Waals surface area contributed by atoms with Gasteiger partial charge in [0.15, 0.2) is 5.90 Å². The van der Waals surface area contributed by atoms with E-state index in [0.717, 1.165) is 12.3 Å². The molecule has 1 atom stereocenters. The monoisotopic (exact) mass is 269 g/mol. The van der Waals surface area contributed by atoms with Crippen molar-refractivity contribution in [2.75, 3.05) is 6.61 Å². The molecule has 1 aliphatic rings. The van der Waals surface area contributed by atoms with Crippen molar-refractivity contribution in [2.24, 2.45) is 4.99 Å². The third kappa shape index (κ3) is 3.60. The Morgan fingerprint density at radius 2 is 2.05 bits per heavy atom. The minimum absolute atomic E-state index is 0.111. The Morgan fingerprint density at radius 1 is 1.35 bits per heavy atom. The van der Waals surface area contributed by atoms with E-state index < -0.39 is 0 Å². The van der Waals surface area contributed by atoms with Gasteiger partial charge in [0.25, 0.3) is 0 Å². The lowest BCUT2D eigenvalue weighted by Crippen LogP contribution is -2.17. The Labute approximate surface area is 121 Å². The molecule has 0 radical (unpaired) electrons. The topological polar surface area (TPSA) is 21.6 Å². The van der Waals surface area contributed by atoms with Crippen LogP contribution in [0.3, 0.4) is 0 Å².